The number of rotatable bonds is 5. The summed E-state index contributed by atoms with van der Waals surface area (Å²) in [4.78, 5) is 3.85. The molecule has 1 aromatic heterocycles. The molecule has 19 heavy (non-hydrogen) atoms. The third-order valence-electron chi connectivity index (χ3n) is 3.18. The summed E-state index contributed by atoms with van der Waals surface area (Å²) in [5.74, 6) is 0. The van der Waals surface area contributed by atoms with Crippen molar-refractivity contribution in [3.63, 3.8) is 0 Å². The normalized spacial score (nSPS) is 17.1. The molecule has 0 amide bonds. The predicted octanol–water partition coefficient (Wildman–Crippen LogP) is 4.16. The van der Waals surface area contributed by atoms with Crippen molar-refractivity contribution in [2.75, 3.05) is 26.2 Å². The molecule has 2 rings (SSSR count). The monoisotopic (exact) mass is 342 g/mol. The molecular weight excluding hydrogens is 323 g/mol. The summed E-state index contributed by atoms with van der Waals surface area (Å²) < 4.78 is 0. The fourth-order valence-corrected chi connectivity index (χ4v) is 3.64. The summed E-state index contributed by atoms with van der Waals surface area (Å²) in [5.41, 5.74) is 0. The van der Waals surface area contributed by atoms with Crippen LogP contribution < -0.4 is 5.32 Å². The molecule has 0 aliphatic carbocycles. The highest BCUT2D eigenvalue weighted by Gasteiger charge is 2.24. The Morgan fingerprint density at radius 1 is 1.42 bits per heavy atom. The van der Waals surface area contributed by atoms with Gasteiger partial charge in [-0.15, -0.1) is 42.7 Å². The highest BCUT2D eigenvalue weighted by atomic mass is 35.5. The zero-order chi connectivity index (χ0) is 12.1. The maximum atomic E-state index is 6.27. The lowest BCUT2D eigenvalue weighted by Crippen LogP contribution is -2.45. The Kier molecular flexibility index (Phi) is 10.2. The van der Waals surface area contributed by atoms with Gasteiger partial charge in [0.15, 0.2) is 0 Å². The molecule has 0 bridgehead atoms. The Bertz CT molecular complexity index is 365. The molecule has 0 spiro atoms. The van der Waals surface area contributed by atoms with Crippen LogP contribution in [0.5, 0.6) is 0 Å². The molecule has 0 unspecified atom stereocenters. The van der Waals surface area contributed by atoms with E-state index in [2.05, 4.69) is 22.2 Å². The molecule has 0 radical (unpaired) electrons. The summed E-state index contributed by atoms with van der Waals surface area (Å²) in [6.07, 6.45) is 4.16. The van der Waals surface area contributed by atoms with Gasteiger partial charge in [-0.3, -0.25) is 4.90 Å². The number of hydrogen-bond donors (Lipinski definition) is 1. The molecule has 0 aromatic carbocycles. The molecule has 2 heterocycles. The molecule has 1 aromatic rings. The van der Waals surface area contributed by atoms with Gasteiger partial charge in [0.05, 0.1) is 5.02 Å². The van der Waals surface area contributed by atoms with E-state index in [0.717, 1.165) is 44.0 Å². The van der Waals surface area contributed by atoms with E-state index in [-0.39, 0.29) is 24.8 Å². The van der Waals surface area contributed by atoms with Crippen molar-refractivity contribution in [1.29, 1.82) is 0 Å². The average Bonchev–Trinajstić information content (AvgIpc) is 2.78. The molecule has 1 atom stereocenters. The number of piperazine rings is 1. The average molecular weight is 344 g/mol. The van der Waals surface area contributed by atoms with Gasteiger partial charge >= 0.3 is 0 Å². The van der Waals surface area contributed by atoms with Crippen LogP contribution in [0.3, 0.4) is 0 Å². The van der Waals surface area contributed by atoms with Crippen LogP contribution in [0.2, 0.25) is 5.02 Å². The first-order valence-corrected chi connectivity index (χ1v) is 7.37. The summed E-state index contributed by atoms with van der Waals surface area (Å²) >= 11 is 8.05. The number of nitrogens with zero attached hydrogens (tertiary/aromatic N) is 1. The third kappa shape index (κ3) is 5.25. The SMILES string of the molecule is C=CCC[C@H](c1sccc1Cl)N1CCNCC1.Cl.Cl. The zero-order valence-electron chi connectivity index (χ0n) is 10.8. The van der Waals surface area contributed by atoms with E-state index in [0.29, 0.717) is 6.04 Å². The van der Waals surface area contributed by atoms with Gasteiger partial charge in [-0.25, -0.2) is 0 Å². The molecule has 1 aliphatic rings. The molecule has 6 heteroatoms. The lowest BCUT2D eigenvalue weighted by molar-refractivity contribution is 0.168. The third-order valence-corrected chi connectivity index (χ3v) is 4.64. The largest absolute Gasteiger partial charge is 0.314 e. The Balaban J connectivity index is 0.00000162. The first-order chi connectivity index (χ1) is 8.33. The topological polar surface area (TPSA) is 15.3 Å². The highest BCUT2D eigenvalue weighted by molar-refractivity contribution is 7.10. The zero-order valence-corrected chi connectivity index (χ0v) is 14.0. The Morgan fingerprint density at radius 2 is 2.11 bits per heavy atom. The lowest BCUT2D eigenvalue weighted by Gasteiger charge is -2.34. The fraction of sp³-hybridized carbons (Fsp3) is 0.538. The van der Waals surface area contributed by atoms with Gasteiger partial charge in [0.25, 0.3) is 0 Å². The van der Waals surface area contributed by atoms with Crippen molar-refractivity contribution < 1.29 is 0 Å². The van der Waals surface area contributed by atoms with Crippen LogP contribution in [0.15, 0.2) is 24.1 Å². The van der Waals surface area contributed by atoms with Gasteiger partial charge in [-0.1, -0.05) is 17.7 Å². The number of thiophene rings is 1. The van der Waals surface area contributed by atoms with Crippen LogP contribution in [0, 0.1) is 0 Å². The fourth-order valence-electron chi connectivity index (χ4n) is 2.29. The minimum atomic E-state index is 0. The van der Waals surface area contributed by atoms with Crippen LogP contribution in [0.1, 0.15) is 23.8 Å². The second-order valence-electron chi connectivity index (χ2n) is 4.30. The van der Waals surface area contributed by atoms with E-state index >= 15 is 0 Å². The Morgan fingerprint density at radius 3 is 2.63 bits per heavy atom. The highest BCUT2D eigenvalue weighted by Crippen LogP contribution is 2.35. The molecule has 1 saturated heterocycles. The molecule has 0 saturated carbocycles. The van der Waals surface area contributed by atoms with E-state index < -0.39 is 0 Å². The van der Waals surface area contributed by atoms with Crippen LogP contribution in [0.4, 0.5) is 0 Å². The Hall–Kier alpha value is 0.230. The second-order valence-corrected chi connectivity index (χ2v) is 5.66. The van der Waals surface area contributed by atoms with Crippen molar-refractivity contribution >= 4 is 47.8 Å². The van der Waals surface area contributed by atoms with Crippen LogP contribution in [-0.2, 0) is 0 Å². The number of hydrogen-bond acceptors (Lipinski definition) is 3. The quantitative estimate of drug-likeness (QED) is 0.808. The maximum Gasteiger partial charge on any atom is 0.0561 e. The van der Waals surface area contributed by atoms with Gasteiger partial charge in [-0.2, -0.15) is 0 Å². The summed E-state index contributed by atoms with van der Waals surface area (Å²) in [6.45, 7) is 8.19. The summed E-state index contributed by atoms with van der Waals surface area (Å²) in [5, 5.41) is 6.40. The molecule has 1 N–H and O–H groups in total. The van der Waals surface area contributed by atoms with E-state index in [1.54, 1.807) is 11.3 Å². The van der Waals surface area contributed by atoms with Crippen LogP contribution >= 0.6 is 47.8 Å². The molecule has 2 nitrogen and oxygen atoms in total. The van der Waals surface area contributed by atoms with Crippen LogP contribution in [0.25, 0.3) is 0 Å². The van der Waals surface area contributed by atoms with E-state index in [4.69, 9.17) is 11.6 Å². The first-order valence-electron chi connectivity index (χ1n) is 6.11. The van der Waals surface area contributed by atoms with E-state index in [1.807, 2.05) is 12.1 Å². The van der Waals surface area contributed by atoms with E-state index in [1.165, 1.54) is 4.88 Å². The number of halogens is 3. The summed E-state index contributed by atoms with van der Waals surface area (Å²) in [6, 6.07) is 2.47. The van der Waals surface area contributed by atoms with Crippen molar-refractivity contribution in [2.24, 2.45) is 0 Å². The maximum absolute atomic E-state index is 6.27. The first kappa shape index (κ1) is 19.2. The number of nitrogens with one attached hydrogen (secondary N) is 1. The van der Waals surface area contributed by atoms with Gasteiger partial charge in [0.1, 0.15) is 0 Å². The van der Waals surface area contributed by atoms with Crippen LogP contribution in [-0.4, -0.2) is 31.1 Å². The second kappa shape index (κ2) is 10.0. The van der Waals surface area contributed by atoms with Crippen molar-refractivity contribution in [3.05, 3.63) is 34.0 Å². The molecule has 1 fully saturated rings. The smallest absolute Gasteiger partial charge is 0.0561 e. The minimum Gasteiger partial charge on any atom is -0.314 e. The van der Waals surface area contributed by atoms with Gasteiger partial charge in [-0.05, 0) is 24.3 Å². The van der Waals surface area contributed by atoms with Crippen molar-refractivity contribution in [1.82, 2.24) is 10.2 Å². The van der Waals surface area contributed by atoms with Gasteiger partial charge < -0.3 is 5.32 Å². The van der Waals surface area contributed by atoms with Gasteiger partial charge in [0, 0.05) is 37.1 Å². The molecule has 110 valence electrons. The predicted molar refractivity (Wildman–Crippen MR) is 90.4 cm³/mol. The van der Waals surface area contributed by atoms with Gasteiger partial charge in [0.2, 0.25) is 0 Å². The standard InChI is InChI=1S/C13H19ClN2S.2ClH/c1-2-3-4-12(13-11(14)5-10-17-13)16-8-6-15-7-9-16;;/h2,5,10,12,15H,1,3-4,6-9H2;2*1H/t12-;;/m1../s1. The Labute approximate surface area is 137 Å². The lowest BCUT2D eigenvalue weighted by atomic mass is 10.1. The number of allylic oxidation sites excluding steroid dienone is 1. The van der Waals surface area contributed by atoms with Crippen molar-refractivity contribution in [3.8, 4) is 0 Å². The minimum absolute atomic E-state index is 0. The summed E-state index contributed by atoms with van der Waals surface area (Å²) in [7, 11) is 0. The van der Waals surface area contributed by atoms with E-state index in [9.17, 15) is 0 Å². The molecule has 1 aliphatic heterocycles. The molecular formula is C13H21Cl3N2S. The van der Waals surface area contributed by atoms with Crippen molar-refractivity contribution in [2.45, 2.75) is 18.9 Å².